The molecule has 1 saturated heterocycles. The molecule has 1 heterocycles. The summed E-state index contributed by atoms with van der Waals surface area (Å²) in [5.41, 5.74) is 5.13. The van der Waals surface area contributed by atoms with Crippen LogP contribution in [0.25, 0.3) is 0 Å². The molecule has 4 rings (SSSR count). The number of rotatable bonds is 11. The maximum Gasteiger partial charge on any atom is 0.251 e. The number of methoxy groups -OCH3 is 2. The summed E-state index contributed by atoms with van der Waals surface area (Å²) in [5, 5.41) is 2.97. The molecule has 1 aliphatic heterocycles. The van der Waals surface area contributed by atoms with Crippen molar-refractivity contribution >= 4 is 11.8 Å². The summed E-state index contributed by atoms with van der Waals surface area (Å²) < 4.78 is 10.6. The molecule has 41 heavy (non-hydrogen) atoms. The first kappa shape index (κ1) is 30.1. The molecular formula is C34H43N3O4. The average molecular weight is 558 g/mol. The van der Waals surface area contributed by atoms with Crippen LogP contribution in [0, 0.1) is 12.8 Å². The normalized spacial score (nSPS) is 14.1. The molecule has 3 aromatic rings. The van der Waals surface area contributed by atoms with Crippen molar-refractivity contribution in [1.29, 1.82) is 0 Å². The molecule has 0 spiro atoms. The van der Waals surface area contributed by atoms with Crippen LogP contribution < -0.4 is 14.8 Å². The molecule has 1 N–H and O–H groups in total. The fraction of sp³-hybridized carbons (Fsp3) is 0.412. The number of benzene rings is 3. The molecule has 0 saturated carbocycles. The molecule has 0 unspecified atom stereocenters. The van der Waals surface area contributed by atoms with Gasteiger partial charge in [-0.25, -0.2) is 0 Å². The Hall–Kier alpha value is -3.84. The van der Waals surface area contributed by atoms with Crippen LogP contribution in [-0.4, -0.2) is 55.0 Å². The molecule has 0 radical (unpaired) electrons. The minimum atomic E-state index is -0.151. The molecule has 2 amide bonds. The number of likely N-dealkylation sites (tertiary alicyclic amines) is 1. The van der Waals surface area contributed by atoms with Crippen molar-refractivity contribution in [3.8, 4) is 11.5 Å². The van der Waals surface area contributed by atoms with E-state index in [1.807, 2.05) is 56.3 Å². The minimum absolute atomic E-state index is 0.0674. The summed E-state index contributed by atoms with van der Waals surface area (Å²) in [6.45, 7) is 9.86. The SMILES string of the molecule is COc1ccc(CNC(=O)c2ccc(CN(C(=O)C(C)C)C3CCN(Cc4ccc(C)cc4)CC3)cc2)cc1OC. The van der Waals surface area contributed by atoms with Crippen molar-refractivity contribution in [3.63, 3.8) is 0 Å². The molecule has 1 aliphatic rings. The number of ether oxygens (including phenoxy) is 2. The Morgan fingerprint density at radius 2 is 1.49 bits per heavy atom. The van der Waals surface area contributed by atoms with Crippen LogP contribution in [0.3, 0.4) is 0 Å². The number of amides is 2. The van der Waals surface area contributed by atoms with Crippen LogP contribution in [0.4, 0.5) is 0 Å². The predicted octanol–water partition coefficient (Wildman–Crippen LogP) is 5.59. The van der Waals surface area contributed by atoms with Gasteiger partial charge in [0.1, 0.15) is 0 Å². The van der Waals surface area contributed by atoms with Crippen molar-refractivity contribution < 1.29 is 19.1 Å². The molecule has 0 bridgehead atoms. The molecular weight excluding hydrogens is 514 g/mol. The Kier molecular flexibility index (Phi) is 10.4. The third kappa shape index (κ3) is 8.10. The lowest BCUT2D eigenvalue weighted by atomic mass is 9.99. The zero-order valence-electron chi connectivity index (χ0n) is 25.0. The van der Waals surface area contributed by atoms with Crippen molar-refractivity contribution in [3.05, 3.63) is 94.5 Å². The fourth-order valence-electron chi connectivity index (χ4n) is 5.29. The van der Waals surface area contributed by atoms with E-state index in [1.165, 1.54) is 11.1 Å². The van der Waals surface area contributed by atoms with E-state index in [2.05, 4.69) is 46.3 Å². The molecule has 7 nitrogen and oxygen atoms in total. The monoisotopic (exact) mass is 557 g/mol. The molecule has 1 fully saturated rings. The van der Waals surface area contributed by atoms with Crippen LogP contribution in [-0.2, 0) is 24.4 Å². The summed E-state index contributed by atoms with van der Waals surface area (Å²) in [6.07, 6.45) is 1.92. The van der Waals surface area contributed by atoms with Crippen LogP contribution in [0.2, 0.25) is 0 Å². The van der Waals surface area contributed by atoms with E-state index >= 15 is 0 Å². The van der Waals surface area contributed by atoms with Gasteiger partial charge in [0.25, 0.3) is 5.91 Å². The van der Waals surface area contributed by atoms with E-state index < -0.39 is 0 Å². The lowest BCUT2D eigenvalue weighted by Crippen LogP contribution is -2.48. The third-order valence-electron chi connectivity index (χ3n) is 7.77. The van der Waals surface area contributed by atoms with E-state index in [0.29, 0.717) is 30.2 Å². The zero-order valence-corrected chi connectivity index (χ0v) is 25.0. The van der Waals surface area contributed by atoms with Gasteiger partial charge in [-0.15, -0.1) is 0 Å². The molecule has 3 aromatic carbocycles. The number of nitrogens with zero attached hydrogens (tertiary/aromatic N) is 2. The highest BCUT2D eigenvalue weighted by Gasteiger charge is 2.29. The lowest BCUT2D eigenvalue weighted by molar-refractivity contribution is -0.138. The van der Waals surface area contributed by atoms with Crippen molar-refractivity contribution in [2.24, 2.45) is 5.92 Å². The topological polar surface area (TPSA) is 71.1 Å². The predicted molar refractivity (Wildman–Crippen MR) is 162 cm³/mol. The quantitative estimate of drug-likeness (QED) is 0.333. The average Bonchev–Trinajstić information content (AvgIpc) is 3.00. The second-order valence-corrected chi connectivity index (χ2v) is 11.2. The molecule has 0 aliphatic carbocycles. The third-order valence-corrected chi connectivity index (χ3v) is 7.77. The minimum Gasteiger partial charge on any atom is -0.493 e. The highest BCUT2D eigenvalue weighted by molar-refractivity contribution is 5.94. The van der Waals surface area contributed by atoms with Crippen molar-refractivity contribution in [2.45, 2.75) is 59.3 Å². The number of nitrogens with one attached hydrogen (secondary N) is 1. The van der Waals surface area contributed by atoms with Gasteiger partial charge >= 0.3 is 0 Å². The van der Waals surface area contributed by atoms with Crippen molar-refractivity contribution in [2.75, 3.05) is 27.3 Å². The van der Waals surface area contributed by atoms with E-state index in [-0.39, 0.29) is 23.8 Å². The smallest absolute Gasteiger partial charge is 0.251 e. The zero-order chi connectivity index (χ0) is 29.4. The highest BCUT2D eigenvalue weighted by Crippen LogP contribution is 2.27. The van der Waals surface area contributed by atoms with Crippen molar-refractivity contribution in [1.82, 2.24) is 15.1 Å². The summed E-state index contributed by atoms with van der Waals surface area (Å²) in [7, 11) is 3.19. The molecule has 0 aromatic heterocycles. The first-order valence-electron chi connectivity index (χ1n) is 14.4. The van der Waals surface area contributed by atoms with Gasteiger partial charge in [0.15, 0.2) is 11.5 Å². The Morgan fingerprint density at radius 1 is 0.878 bits per heavy atom. The Morgan fingerprint density at radius 3 is 2.10 bits per heavy atom. The second-order valence-electron chi connectivity index (χ2n) is 11.2. The van der Waals surface area contributed by atoms with Gasteiger partial charge in [-0.3, -0.25) is 14.5 Å². The standard InChI is InChI=1S/C34H43N3O4/c1-24(2)34(39)37(30-16-18-36(19-17-30)22-26-8-6-25(3)7-9-26)23-27-10-13-29(14-11-27)33(38)35-21-28-12-15-31(40-4)32(20-28)41-5/h6-15,20,24,30H,16-19,21-23H2,1-5H3,(H,35,38). The fourth-order valence-corrected chi connectivity index (χ4v) is 5.29. The number of piperidine rings is 1. The first-order valence-corrected chi connectivity index (χ1v) is 14.4. The molecule has 218 valence electrons. The number of aryl methyl sites for hydroxylation is 1. The summed E-state index contributed by atoms with van der Waals surface area (Å²) in [5.74, 6) is 1.24. The highest BCUT2D eigenvalue weighted by atomic mass is 16.5. The van der Waals surface area contributed by atoms with Crippen LogP contribution >= 0.6 is 0 Å². The number of hydrogen-bond acceptors (Lipinski definition) is 5. The van der Waals surface area contributed by atoms with Gasteiger partial charge in [0, 0.05) is 50.2 Å². The second kappa shape index (κ2) is 14.2. The molecule has 0 atom stereocenters. The Labute approximate surface area is 244 Å². The largest absolute Gasteiger partial charge is 0.493 e. The van der Waals surface area contributed by atoms with Gasteiger partial charge in [-0.05, 0) is 60.7 Å². The van der Waals surface area contributed by atoms with Gasteiger partial charge < -0.3 is 19.7 Å². The first-order chi connectivity index (χ1) is 19.8. The maximum absolute atomic E-state index is 13.3. The van der Waals surface area contributed by atoms with E-state index in [9.17, 15) is 9.59 Å². The lowest BCUT2D eigenvalue weighted by Gasteiger charge is -2.39. The van der Waals surface area contributed by atoms with Gasteiger partial charge in [0.2, 0.25) is 5.91 Å². The number of carbonyl (C=O) groups is 2. The summed E-state index contributed by atoms with van der Waals surface area (Å²) in [6, 6.07) is 22.1. The van der Waals surface area contributed by atoms with Gasteiger partial charge in [-0.1, -0.05) is 61.9 Å². The van der Waals surface area contributed by atoms with Gasteiger partial charge in [-0.2, -0.15) is 0 Å². The van der Waals surface area contributed by atoms with Crippen LogP contribution in [0.1, 0.15) is 59.3 Å². The van der Waals surface area contributed by atoms with E-state index in [1.54, 1.807) is 14.2 Å². The summed E-state index contributed by atoms with van der Waals surface area (Å²) in [4.78, 5) is 30.6. The van der Waals surface area contributed by atoms with Crippen LogP contribution in [0.5, 0.6) is 11.5 Å². The number of carbonyl (C=O) groups excluding carboxylic acids is 2. The number of hydrogen-bond donors (Lipinski definition) is 1. The van der Waals surface area contributed by atoms with Crippen LogP contribution in [0.15, 0.2) is 66.7 Å². The Bertz CT molecular complexity index is 1300. The van der Waals surface area contributed by atoms with E-state index in [4.69, 9.17) is 9.47 Å². The van der Waals surface area contributed by atoms with E-state index in [0.717, 1.165) is 43.6 Å². The molecule has 7 heteroatoms. The maximum atomic E-state index is 13.3. The Balaban J connectivity index is 1.34. The summed E-state index contributed by atoms with van der Waals surface area (Å²) >= 11 is 0. The van der Waals surface area contributed by atoms with Gasteiger partial charge in [0.05, 0.1) is 14.2 Å².